The van der Waals surface area contributed by atoms with E-state index in [4.69, 9.17) is 5.73 Å². The molecule has 2 aromatic rings. The van der Waals surface area contributed by atoms with Crippen LogP contribution in [-0.4, -0.2) is 33.6 Å². The quantitative estimate of drug-likeness (QED) is 0.778. The molecular weight excluding hydrogens is 368 g/mol. The van der Waals surface area contributed by atoms with Crippen LogP contribution in [0.2, 0.25) is 0 Å². The van der Waals surface area contributed by atoms with Crippen LogP contribution in [0.5, 0.6) is 0 Å². The number of carbonyl (C=O) groups is 3. The highest BCUT2D eigenvalue weighted by molar-refractivity contribution is 6.39. The van der Waals surface area contributed by atoms with E-state index >= 15 is 0 Å². The molecule has 152 valence electrons. The lowest BCUT2D eigenvalue weighted by Gasteiger charge is -2.44. The van der Waals surface area contributed by atoms with Crippen LogP contribution in [0, 0.1) is 5.92 Å². The molecule has 29 heavy (non-hydrogen) atoms. The number of pyridine rings is 1. The number of anilines is 1. The number of hydrogen-bond acceptors (Lipinski definition) is 4. The van der Waals surface area contributed by atoms with E-state index in [0.29, 0.717) is 5.92 Å². The zero-order chi connectivity index (χ0) is 21.0. The van der Waals surface area contributed by atoms with Crippen LogP contribution >= 0.6 is 0 Å². The number of benzene rings is 1. The minimum absolute atomic E-state index is 0.0627. The Balaban J connectivity index is 1.85. The van der Waals surface area contributed by atoms with Crippen LogP contribution in [0.25, 0.3) is 0 Å². The van der Waals surface area contributed by atoms with E-state index in [1.807, 2.05) is 37.3 Å². The number of nitrogens with zero attached hydrogens (tertiary/aromatic N) is 2. The Labute approximate surface area is 170 Å². The van der Waals surface area contributed by atoms with Crippen molar-refractivity contribution in [2.45, 2.75) is 45.2 Å². The van der Waals surface area contributed by atoms with Crippen molar-refractivity contribution in [3.63, 3.8) is 0 Å². The van der Waals surface area contributed by atoms with Crippen LogP contribution in [0.1, 0.15) is 55.1 Å². The normalized spacial score (nSPS) is 21.4. The van der Waals surface area contributed by atoms with Crippen LogP contribution < -0.4 is 11.1 Å². The first-order chi connectivity index (χ1) is 13.9. The first-order valence-corrected chi connectivity index (χ1v) is 9.85. The zero-order valence-corrected chi connectivity index (χ0v) is 16.7. The summed E-state index contributed by atoms with van der Waals surface area (Å²) < 4.78 is 0. The number of aromatic nitrogens is 1. The van der Waals surface area contributed by atoms with Crippen molar-refractivity contribution < 1.29 is 14.4 Å². The van der Waals surface area contributed by atoms with Crippen molar-refractivity contribution in [3.8, 4) is 0 Å². The summed E-state index contributed by atoms with van der Waals surface area (Å²) in [6.07, 6.45) is 5.45. The smallest absolute Gasteiger partial charge is 0.313 e. The molecule has 7 heteroatoms. The standard InChI is InChI=1S/C22H26N4O3/c1-3-15-9-10-19(16-7-5-4-6-8-16)26(14(15)2)22(29)21(28)25-18-11-17(20(23)27)12-24-13-18/h4-8,11-15,19H,3,9-10H2,1-2H3,(H2,23,27)(H,25,28)/t14-,15+,19-/m0/s1. The predicted molar refractivity (Wildman–Crippen MR) is 110 cm³/mol. The summed E-state index contributed by atoms with van der Waals surface area (Å²) in [7, 11) is 0. The highest BCUT2D eigenvalue weighted by Crippen LogP contribution is 2.38. The number of piperidine rings is 1. The van der Waals surface area contributed by atoms with Gasteiger partial charge in [0.15, 0.2) is 0 Å². The first-order valence-electron chi connectivity index (χ1n) is 9.85. The molecule has 7 nitrogen and oxygen atoms in total. The number of nitrogens with one attached hydrogen (secondary N) is 1. The predicted octanol–water partition coefficient (Wildman–Crippen LogP) is 2.90. The Morgan fingerprint density at radius 1 is 1.17 bits per heavy atom. The molecule has 0 saturated carbocycles. The molecule has 0 unspecified atom stereocenters. The SMILES string of the molecule is CC[C@@H]1CC[C@@H](c2ccccc2)N(C(=O)C(=O)Nc2cncc(C(N)=O)c2)[C@H]1C. The lowest BCUT2D eigenvalue weighted by Crippen LogP contribution is -2.52. The minimum Gasteiger partial charge on any atom is -0.366 e. The molecule has 3 amide bonds. The molecule has 1 aromatic heterocycles. The van der Waals surface area contributed by atoms with Gasteiger partial charge in [0.05, 0.1) is 23.5 Å². The second-order valence-electron chi connectivity index (χ2n) is 7.41. The second kappa shape index (κ2) is 8.86. The zero-order valence-electron chi connectivity index (χ0n) is 16.7. The highest BCUT2D eigenvalue weighted by Gasteiger charge is 2.39. The third-order valence-corrected chi connectivity index (χ3v) is 5.69. The van der Waals surface area contributed by atoms with Gasteiger partial charge in [0, 0.05) is 12.2 Å². The Kier molecular flexibility index (Phi) is 6.26. The fourth-order valence-electron chi connectivity index (χ4n) is 4.08. The maximum atomic E-state index is 13.2. The third kappa shape index (κ3) is 4.45. The number of primary amides is 1. The molecule has 0 spiro atoms. The van der Waals surface area contributed by atoms with E-state index in [-0.39, 0.29) is 23.3 Å². The highest BCUT2D eigenvalue weighted by atomic mass is 16.2. The molecule has 1 aliphatic heterocycles. The van der Waals surface area contributed by atoms with E-state index in [1.54, 1.807) is 4.90 Å². The van der Waals surface area contributed by atoms with Gasteiger partial charge in [-0.1, -0.05) is 43.7 Å². The molecule has 3 N–H and O–H groups in total. The van der Waals surface area contributed by atoms with E-state index < -0.39 is 17.7 Å². The van der Waals surface area contributed by atoms with Gasteiger partial charge < -0.3 is 16.0 Å². The van der Waals surface area contributed by atoms with E-state index in [9.17, 15) is 14.4 Å². The molecule has 1 aliphatic rings. The molecule has 2 heterocycles. The van der Waals surface area contributed by atoms with E-state index in [1.165, 1.54) is 18.5 Å². The molecular formula is C22H26N4O3. The summed E-state index contributed by atoms with van der Waals surface area (Å²) in [6, 6.07) is 11.0. The van der Waals surface area contributed by atoms with Crippen molar-refractivity contribution in [2.75, 3.05) is 5.32 Å². The van der Waals surface area contributed by atoms with Gasteiger partial charge in [-0.25, -0.2) is 0 Å². The number of likely N-dealkylation sites (tertiary alicyclic amines) is 1. The van der Waals surface area contributed by atoms with Crippen molar-refractivity contribution in [1.29, 1.82) is 0 Å². The second-order valence-corrected chi connectivity index (χ2v) is 7.41. The van der Waals surface area contributed by atoms with E-state index in [0.717, 1.165) is 24.8 Å². The Morgan fingerprint density at radius 2 is 1.90 bits per heavy atom. The molecule has 0 radical (unpaired) electrons. The van der Waals surface area contributed by atoms with Gasteiger partial charge in [0.2, 0.25) is 5.91 Å². The van der Waals surface area contributed by atoms with E-state index in [2.05, 4.69) is 17.2 Å². The van der Waals surface area contributed by atoms with Gasteiger partial charge in [-0.15, -0.1) is 0 Å². The summed E-state index contributed by atoms with van der Waals surface area (Å²) >= 11 is 0. The van der Waals surface area contributed by atoms with Crippen molar-refractivity contribution in [1.82, 2.24) is 9.88 Å². The Morgan fingerprint density at radius 3 is 2.55 bits per heavy atom. The number of amides is 3. The Hall–Kier alpha value is -3.22. The van der Waals surface area contributed by atoms with Crippen LogP contribution in [0.4, 0.5) is 5.69 Å². The molecule has 0 aliphatic carbocycles. The average molecular weight is 394 g/mol. The van der Waals surface area contributed by atoms with Gasteiger partial charge in [-0.05, 0) is 37.3 Å². The summed E-state index contributed by atoms with van der Waals surface area (Å²) in [5.41, 5.74) is 6.69. The fraction of sp³-hybridized carbons (Fsp3) is 0.364. The van der Waals surface area contributed by atoms with Gasteiger partial charge in [0.25, 0.3) is 0 Å². The van der Waals surface area contributed by atoms with Gasteiger partial charge in [-0.3, -0.25) is 19.4 Å². The van der Waals surface area contributed by atoms with Crippen molar-refractivity contribution in [2.24, 2.45) is 11.7 Å². The summed E-state index contributed by atoms with van der Waals surface area (Å²) in [5, 5.41) is 2.56. The lowest BCUT2D eigenvalue weighted by molar-refractivity contribution is -0.149. The molecule has 3 rings (SSSR count). The Bertz CT molecular complexity index is 900. The molecule has 0 bridgehead atoms. The molecule has 3 atom stereocenters. The van der Waals surface area contributed by atoms with Crippen LogP contribution in [-0.2, 0) is 9.59 Å². The third-order valence-electron chi connectivity index (χ3n) is 5.69. The first kappa shape index (κ1) is 20.5. The molecule has 1 aromatic carbocycles. The van der Waals surface area contributed by atoms with Crippen LogP contribution in [0.15, 0.2) is 48.8 Å². The van der Waals surface area contributed by atoms with Gasteiger partial charge >= 0.3 is 11.8 Å². The van der Waals surface area contributed by atoms with Crippen molar-refractivity contribution in [3.05, 3.63) is 59.9 Å². The van der Waals surface area contributed by atoms with Crippen molar-refractivity contribution >= 4 is 23.4 Å². The largest absolute Gasteiger partial charge is 0.366 e. The minimum atomic E-state index is -0.752. The molecule has 1 saturated heterocycles. The summed E-state index contributed by atoms with van der Waals surface area (Å²) in [5.74, 6) is -1.65. The maximum absolute atomic E-state index is 13.2. The topological polar surface area (TPSA) is 105 Å². The number of nitrogens with two attached hydrogens (primary N) is 1. The van der Waals surface area contributed by atoms with Gasteiger partial charge in [-0.2, -0.15) is 0 Å². The lowest BCUT2D eigenvalue weighted by atomic mass is 9.82. The number of carbonyl (C=O) groups excluding carboxylic acids is 3. The average Bonchev–Trinajstić information content (AvgIpc) is 2.73. The molecule has 1 fully saturated rings. The number of hydrogen-bond donors (Lipinski definition) is 2. The fourth-order valence-corrected chi connectivity index (χ4v) is 4.08. The monoisotopic (exact) mass is 394 g/mol. The summed E-state index contributed by atoms with van der Waals surface area (Å²) in [4.78, 5) is 42.9. The number of rotatable bonds is 4. The van der Waals surface area contributed by atoms with Crippen LogP contribution in [0.3, 0.4) is 0 Å². The maximum Gasteiger partial charge on any atom is 0.313 e. The summed E-state index contributed by atoms with van der Waals surface area (Å²) in [6.45, 7) is 4.11. The van der Waals surface area contributed by atoms with Gasteiger partial charge in [0.1, 0.15) is 0 Å².